The largest absolute Gasteiger partial charge is 0.492 e. The molecule has 1 aliphatic heterocycles. The fourth-order valence-corrected chi connectivity index (χ4v) is 4.60. The Balaban J connectivity index is 2.57. The second-order valence-corrected chi connectivity index (χ2v) is 9.88. The van der Waals surface area contributed by atoms with Crippen molar-refractivity contribution in [1.29, 1.82) is 0 Å². The number of ether oxygens (including phenoxy) is 3. The highest BCUT2D eigenvalue weighted by Crippen LogP contribution is 2.29. The van der Waals surface area contributed by atoms with Crippen molar-refractivity contribution in [3.8, 4) is 0 Å². The number of hydrogen-bond donors (Lipinski definition) is 4. The molecule has 0 saturated heterocycles. The number of ketones is 2. The maximum absolute atomic E-state index is 13.3. The molecule has 0 aromatic rings. The van der Waals surface area contributed by atoms with E-state index in [9.17, 15) is 29.4 Å². The van der Waals surface area contributed by atoms with Gasteiger partial charge in [-0.2, -0.15) is 0 Å². The van der Waals surface area contributed by atoms with Gasteiger partial charge in [-0.15, -0.1) is 0 Å². The minimum atomic E-state index is -1.33. The third-order valence-electron chi connectivity index (χ3n) is 6.69. The highest BCUT2D eigenvalue weighted by Gasteiger charge is 2.33. The monoisotopic (exact) mass is 546 g/mol. The van der Waals surface area contributed by atoms with E-state index >= 15 is 0 Å². The summed E-state index contributed by atoms with van der Waals surface area (Å²) in [6, 6.07) is 0. The molecule has 214 valence electrons. The van der Waals surface area contributed by atoms with Gasteiger partial charge in [0.1, 0.15) is 6.10 Å². The van der Waals surface area contributed by atoms with Crippen LogP contribution in [-0.2, 0) is 28.6 Å². The first kappa shape index (κ1) is 31.7. The number of amides is 2. The lowest BCUT2D eigenvalue weighted by Gasteiger charge is -2.29. The van der Waals surface area contributed by atoms with Gasteiger partial charge in [0.05, 0.1) is 25.0 Å². The fraction of sp³-hybridized carbons (Fsp3) is 0.500. The van der Waals surface area contributed by atoms with Crippen LogP contribution in [0.25, 0.3) is 0 Å². The first-order valence-corrected chi connectivity index (χ1v) is 12.6. The van der Waals surface area contributed by atoms with Gasteiger partial charge in [-0.3, -0.25) is 14.4 Å². The van der Waals surface area contributed by atoms with Gasteiger partial charge >= 0.3 is 6.09 Å². The van der Waals surface area contributed by atoms with E-state index in [4.69, 9.17) is 19.9 Å². The van der Waals surface area contributed by atoms with Crippen molar-refractivity contribution in [3.05, 3.63) is 58.6 Å². The second-order valence-electron chi connectivity index (χ2n) is 9.88. The van der Waals surface area contributed by atoms with Crippen molar-refractivity contribution >= 4 is 23.6 Å². The highest BCUT2D eigenvalue weighted by molar-refractivity contribution is 6.23. The average Bonchev–Trinajstić information content (AvgIpc) is 2.87. The van der Waals surface area contributed by atoms with Gasteiger partial charge in [-0.25, -0.2) is 4.79 Å². The van der Waals surface area contributed by atoms with Crippen LogP contribution in [0.5, 0.6) is 0 Å². The van der Waals surface area contributed by atoms with Crippen LogP contribution in [0.1, 0.15) is 40.5 Å². The number of aliphatic hydroxyl groups excluding tert-OH is 2. The van der Waals surface area contributed by atoms with E-state index in [1.807, 2.05) is 6.92 Å². The molecule has 0 aromatic heterocycles. The minimum Gasteiger partial charge on any atom is -0.492 e. The molecule has 0 radical (unpaired) electrons. The summed E-state index contributed by atoms with van der Waals surface area (Å²) < 4.78 is 15.9. The standard InChI is InChI=1S/C28H38N2O9/c1-14-10-18-24(34)19(13-21(32)26(18)38-6)30-27(35)15(2)8-7-9-20(31)25(39-28(29)36)17(4)12-16(3)23(33)22(11-14)37-5/h7-9,12-14,16,20,22-23,25,31,33H,10-11H2,1-6H3,(H2,29,36)(H,30,35)/b9-7-,15-8+,17-12+/t14-,16+,20+,22+,23-,25+/m1/s1. The number of Topliss-reactive ketones (excluding diaryl/α,β-unsaturated/α-hetero) is 1. The lowest BCUT2D eigenvalue weighted by atomic mass is 9.85. The number of methoxy groups -OCH3 is 2. The van der Waals surface area contributed by atoms with Crippen molar-refractivity contribution in [3.63, 3.8) is 0 Å². The summed E-state index contributed by atoms with van der Waals surface area (Å²) in [7, 11) is 2.75. The van der Waals surface area contributed by atoms with Crippen LogP contribution < -0.4 is 11.1 Å². The zero-order valence-corrected chi connectivity index (χ0v) is 23.1. The van der Waals surface area contributed by atoms with E-state index in [1.165, 1.54) is 39.4 Å². The number of carbonyl (C=O) groups is 4. The fourth-order valence-electron chi connectivity index (χ4n) is 4.60. The molecule has 2 bridgehead atoms. The lowest BCUT2D eigenvalue weighted by Crippen LogP contribution is -2.37. The number of fused-ring (bicyclic) bond motifs is 2. The van der Waals surface area contributed by atoms with E-state index < -0.39 is 53.9 Å². The van der Waals surface area contributed by atoms with Crippen molar-refractivity contribution in [2.45, 2.75) is 65.0 Å². The van der Waals surface area contributed by atoms with Crippen LogP contribution in [0.15, 0.2) is 58.6 Å². The number of carbonyl (C=O) groups excluding carboxylic acids is 4. The van der Waals surface area contributed by atoms with Crippen molar-refractivity contribution in [1.82, 2.24) is 5.32 Å². The topological polar surface area (TPSA) is 174 Å². The molecular formula is C28H38N2O9. The molecule has 2 aliphatic rings. The summed E-state index contributed by atoms with van der Waals surface area (Å²) in [5, 5.41) is 24.2. The molecule has 0 saturated carbocycles. The van der Waals surface area contributed by atoms with Crippen molar-refractivity contribution < 1.29 is 43.6 Å². The summed E-state index contributed by atoms with van der Waals surface area (Å²) in [6.07, 6.45) is 1.96. The Hall–Kier alpha value is -3.54. The molecule has 2 amide bonds. The van der Waals surface area contributed by atoms with E-state index in [0.717, 1.165) is 6.08 Å². The van der Waals surface area contributed by atoms with Crippen LogP contribution >= 0.6 is 0 Å². The Morgan fingerprint density at radius 2 is 1.79 bits per heavy atom. The van der Waals surface area contributed by atoms with E-state index in [-0.39, 0.29) is 34.9 Å². The number of hydrogen-bond acceptors (Lipinski definition) is 9. The molecule has 11 heteroatoms. The molecule has 5 N–H and O–H groups in total. The molecule has 39 heavy (non-hydrogen) atoms. The molecule has 0 aromatic carbocycles. The molecule has 0 spiro atoms. The number of allylic oxidation sites excluding steroid dienone is 4. The van der Waals surface area contributed by atoms with Gasteiger partial charge in [-0.1, -0.05) is 38.2 Å². The summed E-state index contributed by atoms with van der Waals surface area (Å²) in [5.41, 5.74) is 5.76. The van der Waals surface area contributed by atoms with Gasteiger partial charge in [-0.05, 0) is 38.2 Å². The van der Waals surface area contributed by atoms with E-state index in [1.54, 1.807) is 19.9 Å². The highest BCUT2D eigenvalue weighted by atomic mass is 16.6. The predicted molar refractivity (Wildman–Crippen MR) is 142 cm³/mol. The van der Waals surface area contributed by atoms with Crippen molar-refractivity contribution in [2.75, 3.05) is 14.2 Å². The van der Waals surface area contributed by atoms with Gasteiger partial charge < -0.3 is 35.5 Å². The third kappa shape index (κ3) is 8.22. The number of nitrogens with two attached hydrogens (primary N) is 1. The van der Waals surface area contributed by atoms with E-state index in [2.05, 4.69) is 5.32 Å². The molecule has 6 atom stereocenters. The van der Waals surface area contributed by atoms with Crippen LogP contribution in [-0.4, -0.2) is 72.4 Å². The Morgan fingerprint density at radius 1 is 1.13 bits per heavy atom. The quantitative estimate of drug-likeness (QED) is 0.304. The molecule has 2 rings (SSSR count). The maximum atomic E-state index is 13.3. The second kappa shape index (κ2) is 14.0. The molecule has 0 fully saturated rings. The van der Waals surface area contributed by atoms with Crippen LogP contribution in [0.2, 0.25) is 0 Å². The summed E-state index contributed by atoms with van der Waals surface area (Å²) in [4.78, 5) is 50.2. The van der Waals surface area contributed by atoms with Crippen LogP contribution in [0, 0.1) is 11.8 Å². The van der Waals surface area contributed by atoms with Gasteiger partial charge in [0.15, 0.2) is 11.9 Å². The molecule has 11 nitrogen and oxygen atoms in total. The zero-order valence-electron chi connectivity index (χ0n) is 23.1. The Bertz CT molecular complexity index is 1130. The Labute approximate surface area is 228 Å². The van der Waals surface area contributed by atoms with Crippen LogP contribution in [0.4, 0.5) is 4.79 Å². The number of rotatable bonds is 3. The summed E-state index contributed by atoms with van der Waals surface area (Å²) in [5.74, 6) is -2.56. The first-order chi connectivity index (χ1) is 18.3. The maximum Gasteiger partial charge on any atom is 0.405 e. The smallest absolute Gasteiger partial charge is 0.405 e. The third-order valence-corrected chi connectivity index (χ3v) is 6.69. The van der Waals surface area contributed by atoms with Crippen molar-refractivity contribution in [2.24, 2.45) is 17.6 Å². The summed E-state index contributed by atoms with van der Waals surface area (Å²) >= 11 is 0. The Morgan fingerprint density at radius 3 is 2.38 bits per heavy atom. The zero-order chi connectivity index (χ0) is 29.4. The number of primary amides is 1. The van der Waals surface area contributed by atoms with Gasteiger partial charge in [0, 0.05) is 30.2 Å². The number of aliphatic hydroxyl groups is 2. The SMILES string of the molecule is COC1=C2C[C@@H](C)C[C@H](OC)[C@H](O)[C@@H](C)/C=C(\C)[C@H](OC(N)=O)[C@@H](O)/C=C\C=C(/C)C(=O)NC(=CC1=O)C2=O. The molecule has 1 heterocycles. The first-order valence-electron chi connectivity index (χ1n) is 12.6. The lowest BCUT2D eigenvalue weighted by molar-refractivity contribution is -0.120. The summed E-state index contributed by atoms with van der Waals surface area (Å²) in [6.45, 7) is 6.70. The molecular weight excluding hydrogens is 508 g/mol. The van der Waals surface area contributed by atoms with E-state index in [0.29, 0.717) is 12.0 Å². The minimum absolute atomic E-state index is 0.0955. The number of nitrogens with one attached hydrogen (secondary N) is 1. The average molecular weight is 547 g/mol. The molecule has 1 aliphatic carbocycles. The normalized spacial score (nSPS) is 33.2. The van der Waals surface area contributed by atoms with Gasteiger partial charge in [0.25, 0.3) is 5.91 Å². The van der Waals surface area contributed by atoms with Crippen LogP contribution in [0.3, 0.4) is 0 Å². The molecule has 0 unspecified atom stereocenters. The predicted octanol–water partition coefficient (Wildman–Crippen LogP) is 1.75. The van der Waals surface area contributed by atoms with Gasteiger partial charge in [0.2, 0.25) is 11.6 Å². The Kier molecular flexibility index (Phi) is 11.4.